The van der Waals surface area contributed by atoms with Crippen molar-refractivity contribution < 1.29 is 4.74 Å². The maximum absolute atomic E-state index is 6.22. The smallest absolute Gasteiger partial charge is 0.141 e. The van der Waals surface area contributed by atoms with Crippen LogP contribution in [0.5, 0.6) is 5.75 Å². The number of hydrogen-bond donors (Lipinski definition) is 0. The zero-order valence-electron chi connectivity index (χ0n) is 7.93. The molecule has 0 aliphatic carbocycles. The lowest BCUT2D eigenvalue weighted by Crippen LogP contribution is -1.91. The van der Waals surface area contributed by atoms with E-state index in [4.69, 9.17) is 16.3 Å². The van der Waals surface area contributed by atoms with Crippen LogP contribution >= 0.6 is 11.6 Å². The van der Waals surface area contributed by atoms with E-state index < -0.39 is 0 Å². The molecule has 0 N–H and O–H groups in total. The van der Waals surface area contributed by atoms with E-state index in [1.54, 1.807) is 0 Å². The van der Waals surface area contributed by atoms with Crippen molar-refractivity contribution in [1.29, 1.82) is 0 Å². The maximum Gasteiger partial charge on any atom is 0.141 e. The van der Waals surface area contributed by atoms with E-state index in [-0.39, 0.29) is 0 Å². The van der Waals surface area contributed by atoms with Crippen LogP contribution in [0.2, 0.25) is 5.02 Å². The van der Waals surface area contributed by atoms with Crippen molar-refractivity contribution in [2.75, 3.05) is 6.61 Å². The summed E-state index contributed by atoms with van der Waals surface area (Å²) in [6.07, 6.45) is 0.993. The zero-order chi connectivity index (χ0) is 9.42. The molecule has 0 amide bonds. The standard InChI is InChI=1S/C11H13ClO/c1-7(2)9-4-3-8-5-6-13-11(8)10(9)12/h3-4,7H,5-6H2,1-2H3. The van der Waals surface area contributed by atoms with Gasteiger partial charge >= 0.3 is 0 Å². The zero-order valence-corrected chi connectivity index (χ0v) is 8.69. The first-order valence-corrected chi connectivity index (χ1v) is 5.02. The molecule has 0 fully saturated rings. The Balaban J connectivity index is 2.52. The van der Waals surface area contributed by atoms with Crippen LogP contribution in [0.1, 0.15) is 30.9 Å². The molecule has 1 aromatic rings. The Labute approximate surface area is 83.7 Å². The summed E-state index contributed by atoms with van der Waals surface area (Å²) in [7, 11) is 0. The average Bonchev–Trinajstić information content (AvgIpc) is 2.52. The molecule has 0 bridgehead atoms. The SMILES string of the molecule is CC(C)c1ccc2c(c1Cl)OCC2. The highest BCUT2D eigenvalue weighted by atomic mass is 35.5. The molecular weight excluding hydrogens is 184 g/mol. The number of hydrogen-bond acceptors (Lipinski definition) is 1. The Morgan fingerprint density at radius 2 is 2.15 bits per heavy atom. The van der Waals surface area contributed by atoms with Gasteiger partial charge in [0, 0.05) is 6.42 Å². The van der Waals surface area contributed by atoms with Crippen LogP contribution < -0.4 is 4.74 Å². The fourth-order valence-electron chi connectivity index (χ4n) is 1.67. The van der Waals surface area contributed by atoms with E-state index in [0.717, 1.165) is 23.8 Å². The minimum absolute atomic E-state index is 0.460. The van der Waals surface area contributed by atoms with Crippen LogP contribution in [-0.4, -0.2) is 6.61 Å². The minimum atomic E-state index is 0.460. The molecule has 1 aliphatic rings. The molecule has 2 heteroatoms. The third-order valence-electron chi connectivity index (χ3n) is 2.45. The van der Waals surface area contributed by atoms with Gasteiger partial charge in [0.25, 0.3) is 0 Å². The summed E-state index contributed by atoms with van der Waals surface area (Å²) in [6, 6.07) is 4.24. The van der Waals surface area contributed by atoms with Gasteiger partial charge in [-0.2, -0.15) is 0 Å². The minimum Gasteiger partial charge on any atom is -0.491 e. The van der Waals surface area contributed by atoms with Gasteiger partial charge < -0.3 is 4.74 Å². The molecule has 13 heavy (non-hydrogen) atoms. The highest BCUT2D eigenvalue weighted by molar-refractivity contribution is 6.33. The molecule has 1 heterocycles. The highest BCUT2D eigenvalue weighted by Gasteiger charge is 2.18. The van der Waals surface area contributed by atoms with Crippen molar-refractivity contribution >= 4 is 11.6 Å². The number of rotatable bonds is 1. The normalized spacial score (nSPS) is 14.5. The molecule has 0 atom stereocenters. The lowest BCUT2D eigenvalue weighted by Gasteiger charge is -2.10. The second kappa shape index (κ2) is 3.22. The van der Waals surface area contributed by atoms with Crippen molar-refractivity contribution in [1.82, 2.24) is 0 Å². The van der Waals surface area contributed by atoms with E-state index in [9.17, 15) is 0 Å². The molecule has 1 aliphatic heterocycles. The summed E-state index contributed by atoms with van der Waals surface area (Å²) < 4.78 is 5.49. The van der Waals surface area contributed by atoms with Gasteiger partial charge in [-0.1, -0.05) is 37.6 Å². The van der Waals surface area contributed by atoms with Crippen molar-refractivity contribution in [3.8, 4) is 5.75 Å². The lowest BCUT2D eigenvalue weighted by molar-refractivity contribution is 0.356. The van der Waals surface area contributed by atoms with Crippen molar-refractivity contribution in [3.05, 3.63) is 28.3 Å². The predicted molar refractivity (Wildman–Crippen MR) is 54.7 cm³/mol. The first kappa shape index (κ1) is 8.89. The fraction of sp³-hybridized carbons (Fsp3) is 0.455. The molecule has 0 unspecified atom stereocenters. The van der Waals surface area contributed by atoms with Gasteiger partial charge in [0.2, 0.25) is 0 Å². The molecule has 1 aromatic carbocycles. The molecule has 1 nitrogen and oxygen atoms in total. The average molecular weight is 197 g/mol. The van der Waals surface area contributed by atoms with Crippen LogP contribution in [-0.2, 0) is 6.42 Å². The topological polar surface area (TPSA) is 9.23 Å². The maximum atomic E-state index is 6.22. The van der Waals surface area contributed by atoms with Crippen molar-refractivity contribution in [2.45, 2.75) is 26.2 Å². The number of ether oxygens (including phenoxy) is 1. The number of benzene rings is 1. The number of halogens is 1. The first-order valence-electron chi connectivity index (χ1n) is 4.64. The Kier molecular flexibility index (Phi) is 2.20. The highest BCUT2D eigenvalue weighted by Crippen LogP contribution is 2.38. The monoisotopic (exact) mass is 196 g/mol. The quantitative estimate of drug-likeness (QED) is 0.669. The summed E-state index contributed by atoms with van der Waals surface area (Å²) in [6.45, 7) is 5.06. The van der Waals surface area contributed by atoms with Gasteiger partial charge in [0.1, 0.15) is 5.75 Å². The molecule has 0 saturated carbocycles. The van der Waals surface area contributed by atoms with Gasteiger partial charge in [-0.05, 0) is 17.0 Å². The lowest BCUT2D eigenvalue weighted by atomic mass is 10.0. The van der Waals surface area contributed by atoms with Crippen LogP contribution in [0, 0.1) is 0 Å². The number of fused-ring (bicyclic) bond motifs is 1. The molecule has 0 radical (unpaired) electrons. The van der Waals surface area contributed by atoms with Crippen LogP contribution in [0.25, 0.3) is 0 Å². The van der Waals surface area contributed by atoms with E-state index in [1.165, 1.54) is 11.1 Å². The Bertz CT molecular complexity index is 331. The van der Waals surface area contributed by atoms with E-state index in [0.29, 0.717) is 5.92 Å². The molecule has 0 spiro atoms. The molecular formula is C11H13ClO. The molecule has 2 rings (SSSR count). The third kappa shape index (κ3) is 1.42. The van der Waals surface area contributed by atoms with Gasteiger partial charge in [0.15, 0.2) is 0 Å². The summed E-state index contributed by atoms with van der Waals surface area (Å²) in [4.78, 5) is 0. The Hall–Kier alpha value is -0.690. The van der Waals surface area contributed by atoms with Gasteiger partial charge in [-0.3, -0.25) is 0 Å². The molecule has 0 aromatic heterocycles. The summed E-state index contributed by atoms with van der Waals surface area (Å²) in [5, 5.41) is 0.810. The second-order valence-electron chi connectivity index (χ2n) is 3.71. The summed E-state index contributed by atoms with van der Waals surface area (Å²) >= 11 is 6.22. The van der Waals surface area contributed by atoms with Crippen molar-refractivity contribution in [2.24, 2.45) is 0 Å². The van der Waals surface area contributed by atoms with E-state index in [2.05, 4.69) is 26.0 Å². The largest absolute Gasteiger partial charge is 0.491 e. The Morgan fingerprint density at radius 3 is 2.85 bits per heavy atom. The molecule has 70 valence electrons. The van der Waals surface area contributed by atoms with Gasteiger partial charge in [-0.25, -0.2) is 0 Å². The van der Waals surface area contributed by atoms with Gasteiger partial charge in [-0.15, -0.1) is 0 Å². The third-order valence-corrected chi connectivity index (χ3v) is 2.84. The fourth-order valence-corrected chi connectivity index (χ4v) is 2.13. The first-order chi connectivity index (χ1) is 6.20. The van der Waals surface area contributed by atoms with Crippen LogP contribution in [0.3, 0.4) is 0 Å². The van der Waals surface area contributed by atoms with Gasteiger partial charge in [0.05, 0.1) is 11.6 Å². The van der Waals surface area contributed by atoms with Crippen LogP contribution in [0.15, 0.2) is 12.1 Å². The van der Waals surface area contributed by atoms with Crippen molar-refractivity contribution in [3.63, 3.8) is 0 Å². The van der Waals surface area contributed by atoms with E-state index >= 15 is 0 Å². The predicted octanol–water partition coefficient (Wildman–Crippen LogP) is 3.40. The summed E-state index contributed by atoms with van der Waals surface area (Å²) in [5.74, 6) is 1.37. The second-order valence-corrected chi connectivity index (χ2v) is 4.09. The van der Waals surface area contributed by atoms with E-state index in [1.807, 2.05) is 0 Å². The summed E-state index contributed by atoms with van der Waals surface area (Å²) in [5.41, 5.74) is 2.43. The van der Waals surface area contributed by atoms with Crippen LogP contribution in [0.4, 0.5) is 0 Å². The Morgan fingerprint density at radius 1 is 1.38 bits per heavy atom. The molecule has 0 saturated heterocycles.